The number of hydrogen-bond acceptors (Lipinski definition) is 3. The van der Waals surface area contributed by atoms with Crippen LogP contribution in [-0.4, -0.2) is 23.5 Å². The van der Waals surface area contributed by atoms with Gasteiger partial charge in [-0.15, -0.1) is 0 Å². The molecular formula is C23H21FN4O3. The molecule has 0 saturated carbocycles. The Morgan fingerprint density at radius 3 is 2.74 bits per heavy atom. The Morgan fingerprint density at radius 2 is 1.94 bits per heavy atom. The summed E-state index contributed by atoms with van der Waals surface area (Å²) < 4.78 is 19.2. The molecule has 3 amide bonds. The highest BCUT2D eigenvalue weighted by Crippen LogP contribution is 2.21. The van der Waals surface area contributed by atoms with Crippen LogP contribution in [0.2, 0.25) is 0 Å². The van der Waals surface area contributed by atoms with Crippen molar-refractivity contribution in [2.45, 2.75) is 13.3 Å². The molecule has 7 nitrogen and oxygen atoms in total. The predicted molar refractivity (Wildman–Crippen MR) is 117 cm³/mol. The van der Waals surface area contributed by atoms with Gasteiger partial charge >= 0.3 is 6.03 Å². The Hall–Kier alpha value is -4.07. The third-order valence-electron chi connectivity index (χ3n) is 4.93. The number of rotatable bonds is 6. The van der Waals surface area contributed by atoms with Crippen molar-refractivity contribution in [1.82, 2.24) is 10.3 Å². The van der Waals surface area contributed by atoms with E-state index in [0.29, 0.717) is 30.0 Å². The highest BCUT2D eigenvalue weighted by atomic mass is 19.1. The fourth-order valence-corrected chi connectivity index (χ4v) is 3.33. The first-order valence-corrected chi connectivity index (χ1v) is 9.76. The van der Waals surface area contributed by atoms with Crippen LogP contribution in [0, 0.1) is 12.7 Å². The van der Waals surface area contributed by atoms with Crippen molar-refractivity contribution in [3.63, 3.8) is 0 Å². The number of carbonyl (C=O) groups is 2. The number of aryl methyl sites for hydroxylation is 1. The fourth-order valence-electron chi connectivity index (χ4n) is 3.33. The molecule has 0 aliphatic heterocycles. The van der Waals surface area contributed by atoms with E-state index in [9.17, 15) is 14.0 Å². The van der Waals surface area contributed by atoms with Crippen molar-refractivity contribution in [2.24, 2.45) is 0 Å². The lowest BCUT2D eigenvalue weighted by Crippen LogP contribution is -2.30. The topological polar surface area (TPSA) is 99.2 Å². The number of carbonyl (C=O) groups excluding carboxylic acids is 2. The van der Waals surface area contributed by atoms with E-state index in [-0.39, 0.29) is 5.69 Å². The van der Waals surface area contributed by atoms with E-state index in [2.05, 4.69) is 20.9 Å². The van der Waals surface area contributed by atoms with Gasteiger partial charge in [0.25, 0.3) is 5.91 Å². The van der Waals surface area contributed by atoms with Crippen LogP contribution in [0.1, 0.15) is 21.7 Å². The number of urea groups is 1. The van der Waals surface area contributed by atoms with Gasteiger partial charge in [0.05, 0.1) is 17.5 Å². The van der Waals surface area contributed by atoms with Gasteiger partial charge in [-0.2, -0.15) is 0 Å². The molecular weight excluding hydrogens is 399 g/mol. The highest BCUT2D eigenvalue weighted by molar-refractivity contribution is 6.05. The SMILES string of the molecule is Cc1occc1C(=O)Nc1cc(NC(=O)NCCc2c[nH]c3ccccc23)ccc1F. The molecule has 2 aromatic carbocycles. The number of H-pyrrole nitrogens is 1. The van der Waals surface area contributed by atoms with Gasteiger partial charge in [-0.05, 0) is 49.2 Å². The molecule has 4 rings (SSSR count). The summed E-state index contributed by atoms with van der Waals surface area (Å²) in [5.41, 5.74) is 2.78. The van der Waals surface area contributed by atoms with Gasteiger partial charge in [0.1, 0.15) is 11.6 Å². The lowest BCUT2D eigenvalue weighted by atomic mass is 10.1. The van der Waals surface area contributed by atoms with Gasteiger partial charge in [-0.25, -0.2) is 9.18 Å². The quantitative estimate of drug-likeness (QED) is 0.360. The number of furan rings is 1. The first-order valence-electron chi connectivity index (χ1n) is 9.76. The number of aromatic amines is 1. The normalized spacial score (nSPS) is 10.8. The Bertz CT molecular complexity index is 1240. The van der Waals surface area contributed by atoms with Gasteiger partial charge in [0, 0.05) is 29.3 Å². The van der Waals surface area contributed by atoms with Crippen LogP contribution in [0.3, 0.4) is 0 Å². The predicted octanol–water partition coefficient (Wildman–Crippen LogP) is 4.82. The minimum atomic E-state index is -0.611. The molecule has 0 radical (unpaired) electrons. The van der Waals surface area contributed by atoms with E-state index in [4.69, 9.17) is 4.42 Å². The molecule has 8 heteroatoms. The van der Waals surface area contributed by atoms with Crippen LogP contribution in [-0.2, 0) is 6.42 Å². The van der Waals surface area contributed by atoms with Crippen LogP contribution >= 0.6 is 0 Å². The zero-order valence-corrected chi connectivity index (χ0v) is 16.8. The number of fused-ring (bicyclic) bond motifs is 1. The number of halogens is 1. The van der Waals surface area contributed by atoms with Crippen molar-refractivity contribution < 1.29 is 18.4 Å². The zero-order valence-electron chi connectivity index (χ0n) is 16.8. The summed E-state index contributed by atoms with van der Waals surface area (Å²) in [6.45, 7) is 2.07. The maximum absolute atomic E-state index is 14.1. The third-order valence-corrected chi connectivity index (χ3v) is 4.93. The van der Waals surface area contributed by atoms with E-state index in [0.717, 1.165) is 16.5 Å². The van der Waals surface area contributed by atoms with E-state index in [1.54, 1.807) is 6.92 Å². The molecule has 0 saturated heterocycles. The van der Waals surface area contributed by atoms with Gasteiger partial charge in [-0.3, -0.25) is 4.79 Å². The summed E-state index contributed by atoms with van der Waals surface area (Å²) in [6, 6.07) is 13.0. The second-order valence-electron chi connectivity index (χ2n) is 7.03. The van der Waals surface area contributed by atoms with Gasteiger partial charge in [0.15, 0.2) is 0 Å². The lowest BCUT2D eigenvalue weighted by Gasteiger charge is -2.11. The summed E-state index contributed by atoms with van der Waals surface area (Å²) >= 11 is 0. The monoisotopic (exact) mass is 420 g/mol. The van der Waals surface area contributed by atoms with Crippen molar-refractivity contribution in [3.8, 4) is 0 Å². The first-order chi connectivity index (χ1) is 15.0. The highest BCUT2D eigenvalue weighted by Gasteiger charge is 2.14. The second-order valence-corrected chi connectivity index (χ2v) is 7.03. The molecule has 0 atom stereocenters. The Morgan fingerprint density at radius 1 is 1.10 bits per heavy atom. The van der Waals surface area contributed by atoms with Crippen molar-refractivity contribution in [3.05, 3.63) is 83.7 Å². The van der Waals surface area contributed by atoms with E-state index in [1.165, 1.54) is 30.5 Å². The van der Waals surface area contributed by atoms with Crippen molar-refractivity contribution in [1.29, 1.82) is 0 Å². The molecule has 31 heavy (non-hydrogen) atoms. The molecule has 0 aliphatic rings. The van der Waals surface area contributed by atoms with Crippen LogP contribution in [0.15, 0.2) is 65.4 Å². The van der Waals surface area contributed by atoms with Gasteiger partial charge < -0.3 is 25.4 Å². The second kappa shape index (κ2) is 8.74. The average molecular weight is 420 g/mol. The largest absolute Gasteiger partial charge is 0.469 e. The summed E-state index contributed by atoms with van der Waals surface area (Å²) in [4.78, 5) is 27.7. The minimum Gasteiger partial charge on any atom is -0.469 e. The lowest BCUT2D eigenvalue weighted by molar-refractivity contribution is 0.102. The average Bonchev–Trinajstić information content (AvgIpc) is 3.37. The van der Waals surface area contributed by atoms with Gasteiger partial charge in [0.2, 0.25) is 0 Å². The summed E-state index contributed by atoms with van der Waals surface area (Å²) in [5.74, 6) is -0.674. The summed E-state index contributed by atoms with van der Waals surface area (Å²) in [7, 11) is 0. The molecule has 0 aliphatic carbocycles. The smallest absolute Gasteiger partial charge is 0.319 e. The molecule has 0 spiro atoms. The van der Waals surface area contributed by atoms with Crippen LogP contribution < -0.4 is 16.0 Å². The summed E-state index contributed by atoms with van der Waals surface area (Å²) in [5, 5.41) is 9.05. The number of amides is 3. The molecule has 0 fully saturated rings. The number of anilines is 2. The Kier molecular flexibility index (Phi) is 5.70. The number of aromatic nitrogens is 1. The fraction of sp³-hybridized carbons (Fsp3) is 0.130. The molecule has 4 aromatic rings. The first kappa shape index (κ1) is 20.2. The third kappa shape index (κ3) is 4.58. The standard InChI is InChI=1S/C23H21FN4O3/c1-14-17(9-11-31-14)22(29)28-21-12-16(6-7-19(21)24)27-23(30)25-10-8-15-13-26-20-5-3-2-4-18(15)20/h2-7,9,11-13,26H,8,10H2,1H3,(H,28,29)(H2,25,27,30). The Balaban J connectivity index is 1.34. The van der Waals surface area contributed by atoms with Crippen LogP contribution in [0.25, 0.3) is 10.9 Å². The number of para-hydroxylation sites is 1. The number of hydrogen-bond donors (Lipinski definition) is 4. The molecule has 0 bridgehead atoms. The molecule has 0 unspecified atom stereocenters. The molecule has 2 heterocycles. The molecule has 2 aromatic heterocycles. The van der Waals surface area contributed by atoms with Crippen molar-refractivity contribution in [2.75, 3.05) is 17.2 Å². The number of benzene rings is 2. The van der Waals surface area contributed by atoms with Gasteiger partial charge in [-0.1, -0.05) is 18.2 Å². The minimum absolute atomic E-state index is 0.0396. The molecule has 158 valence electrons. The van der Waals surface area contributed by atoms with E-state index < -0.39 is 17.8 Å². The maximum Gasteiger partial charge on any atom is 0.319 e. The number of nitrogens with one attached hydrogen (secondary N) is 4. The zero-order chi connectivity index (χ0) is 21.8. The van der Waals surface area contributed by atoms with E-state index in [1.807, 2.05) is 30.5 Å². The summed E-state index contributed by atoms with van der Waals surface area (Å²) in [6.07, 6.45) is 3.98. The van der Waals surface area contributed by atoms with E-state index >= 15 is 0 Å². The molecule has 4 N–H and O–H groups in total. The van der Waals surface area contributed by atoms with Crippen LogP contribution in [0.4, 0.5) is 20.6 Å². The maximum atomic E-state index is 14.1. The Labute approximate surface area is 177 Å². The van der Waals surface area contributed by atoms with Crippen LogP contribution in [0.5, 0.6) is 0 Å². The van der Waals surface area contributed by atoms with Crippen molar-refractivity contribution >= 4 is 34.2 Å².